The molecule has 0 saturated heterocycles. The average Bonchev–Trinajstić information content (AvgIpc) is 2.34. The molecule has 0 aromatic heterocycles. The molecule has 0 spiro atoms. The molecule has 0 bridgehead atoms. The molecule has 108 valence electrons. The molecule has 0 heterocycles. The van der Waals surface area contributed by atoms with Crippen molar-refractivity contribution >= 4 is 27.7 Å². The summed E-state index contributed by atoms with van der Waals surface area (Å²) in [6, 6.07) is 9.01. The standard InChI is InChI=1S/C14H18BrN3O2/c1-14(2,3)20-13(19)17-9-12(8-16)18-11-6-4-10(15)5-7-11/h4-7,12,18H,9H2,1-3H3,(H,17,19). The van der Waals surface area contributed by atoms with E-state index in [1.54, 1.807) is 20.8 Å². The predicted octanol–water partition coefficient (Wildman–Crippen LogP) is 3.28. The summed E-state index contributed by atoms with van der Waals surface area (Å²) in [6.07, 6.45) is -0.532. The number of nitriles is 1. The van der Waals surface area contributed by atoms with E-state index in [0.717, 1.165) is 10.2 Å². The van der Waals surface area contributed by atoms with Crippen molar-refractivity contribution in [2.24, 2.45) is 0 Å². The van der Waals surface area contributed by atoms with Gasteiger partial charge in [0, 0.05) is 10.2 Å². The lowest BCUT2D eigenvalue weighted by Gasteiger charge is -2.20. The van der Waals surface area contributed by atoms with E-state index in [0.29, 0.717) is 0 Å². The number of benzene rings is 1. The zero-order valence-corrected chi connectivity index (χ0v) is 13.3. The number of nitrogens with zero attached hydrogens (tertiary/aromatic N) is 1. The Morgan fingerprint density at radius 2 is 2.00 bits per heavy atom. The third kappa shape index (κ3) is 6.43. The van der Waals surface area contributed by atoms with Crippen LogP contribution in [0.1, 0.15) is 20.8 Å². The van der Waals surface area contributed by atoms with Crippen LogP contribution in [-0.4, -0.2) is 24.3 Å². The highest BCUT2D eigenvalue weighted by Crippen LogP contribution is 2.14. The zero-order chi connectivity index (χ0) is 15.2. The van der Waals surface area contributed by atoms with Crippen molar-refractivity contribution in [1.29, 1.82) is 5.26 Å². The van der Waals surface area contributed by atoms with Crippen molar-refractivity contribution in [3.63, 3.8) is 0 Å². The van der Waals surface area contributed by atoms with Crippen LogP contribution in [0.2, 0.25) is 0 Å². The SMILES string of the molecule is CC(C)(C)OC(=O)NCC(C#N)Nc1ccc(Br)cc1. The van der Waals surface area contributed by atoms with Gasteiger partial charge in [0.2, 0.25) is 0 Å². The first-order valence-corrected chi connectivity index (χ1v) is 6.98. The Labute approximate surface area is 127 Å². The number of anilines is 1. The molecule has 6 heteroatoms. The molecular weight excluding hydrogens is 322 g/mol. The van der Waals surface area contributed by atoms with Crippen molar-refractivity contribution in [2.45, 2.75) is 32.4 Å². The van der Waals surface area contributed by atoms with E-state index in [1.807, 2.05) is 24.3 Å². The van der Waals surface area contributed by atoms with E-state index < -0.39 is 17.7 Å². The number of hydrogen-bond acceptors (Lipinski definition) is 4. The molecule has 0 fully saturated rings. The third-order valence-corrected chi connectivity index (χ3v) is 2.72. The van der Waals surface area contributed by atoms with E-state index in [-0.39, 0.29) is 6.54 Å². The number of amides is 1. The van der Waals surface area contributed by atoms with Crippen LogP contribution in [0.25, 0.3) is 0 Å². The highest BCUT2D eigenvalue weighted by Gasteiger charge is 2.17. The van der Waals surface area contributed by atoms with E-state index in [1.165, 1.54) is 0 Å². The first-order chi connectivity index (χ1) is 9.30. The molecule has 2 N–H and O–H groups in total. The van der Waals surface area contributed by atoms with Crippen LogP contribution < -0.4 is 10.6 Å². The van der Waals surface area contributed by atoms with E-state index in [9.17, 15) is 4.79 Å². The van der Waals surface area contributed by atoms with E-state index >= 15 is 0 Å². The van der Waals surface area contributed by atoms with Gasteiger partial charge in [-0.1, -0.05) is 15.9 Å². The minimum atomic E-state index is -0.550. The summed E-state index contributed by atoms with van der Waals surface area (Å²) in [5.74, 6) is 0. The first kappa shape index (κ1) is 16.3. The summed E-state index contributed by atoms with van der Waals surface area (Å²) in [7, 11) is 0. The smallest absolute Gasteiger partial charge is 0.407 e. The summed E-state index contributed by atoms with van der Waals surface area (Å²) in [5.41, 5.74) is 0.261. The summed E-state index contributed by atoms with van der Waals surface area (Å²) in [6.45, 7) is 5.53. The quantitative estimate of drug-likeness (QED) is 0.882. The largest absolute Gasteiger partial charge is 0.444 e. The van der Waals surface area contributed by atoms with E-state index in [2.05, 4.69) is 32.6 Å². The number of alkyl carbamates (subject to hydrolysis) is 1. The van der Waals surface area contributed by atoms with Crippen LogP contribution in [0, 0.1) is 11.3 Å². The maximum absolute atomic E-state index is 11.5. The lowest BCUT2D eigenvalue weighted by molar-refractivity contribution is 0.0527. The number of halogens is 1. The predicted molar refractivity (Wildman–Crippen MR) is 81.4 cm³/mol. The number of hydrogen-bond donors (Lipinski definition) is 2. The van der Waals surface area contributed by atoms with Gasteiger partial charge >= 0.3 is 6.09 Å². The van der Waals surface area contributed by atoms with Crippen LogP contribution in [0.4, 0.5) is 10.5 Å². The van der Waals surface area contributed by atoms with Gasteiger partial charge in [-0.15, -0.1) is 0 Å². The van der Waals surface area contributed by atoms with Crippen LogP contribution >= 0.6 is 15.9 Å². The average molecular weight is 340 g/mol. The molecule has 1 aromatic carbocycles. The van der Waals surface area contributed by atoms with Gasteiger partial charge < -0.3 is 15.4 Å². The van der Waals surface area contributed by atoms with Crippen molar-refractivity contribution in [3.05, 3.63) is 28.7 Å². The molecule has 0 radical (unpaired) electrons. The van der Waals surface area contributed by atoms with Gasteiger partial charge in [-0.2, -0.15) is 5.26 Å². The second kappa shape index (κ2) is 7.15. The fraction of sp³-hybridized carbons (Fsp3) is 0.429. The summed E-state index contributed by atoms with van der Waals surface area (Å²) < 4.78 is 6.07. The minimum absolute atomic E-state index is 0.168. The highest BCUT2D eigenvalue weighted by molar-refractivity contribution is 9.10. The van der Waals surface area contributed by atoms with Crippen LogP contribution in [0.3, 0.4) is 0 Å². The molecular formula is C14H18BrN3O2. The maximum Gasteiger partial charge on any atom is 0.407 e. The number of nitrogens with one attached hydrogen (secondary N) is 2. The Morgan fingerprint density at radius 3 is 2.50 bits per heavy atom. The minimum Gasteiger partial charge on any atom is -0.444 e. The lowest BCUT2D eigenvalue weighted by atomic mass is 10.2. The number of rotatable bonds is 4. The van der Waals surface area contributed by atoms with Gasteiger partial charge in [-0.25, -0.2) is 4.79 Å². The van der Waals surface area contributed by atoms with Crippen molar-refractivity contribution in [2.75, 3.05) is 11.9 Å². The highest BCUT2D eigenvalue weighted by atomic mass is 79.9. The lowest BCUT2D eigenvalue weighted by Crippen LogP contribution is -2.38. The van der Waals surface area contributed by atoms with Gasteiger partial charge in [-0.3, -0.25) is 0 Å². The molecule has 0 aliphatic rings. The molecule has 0 saturated carbocycles. The fourth-order valence-electron chi connectivity index (χ4n) is 1.38. The number of carbonyl (C=O) groups is 1. The van der Waals surface area contributed by atoms with Gasteiger partial charge in [0.15, 0.2) is 0 Å². The number of ether oxygens (including phenoxy) is 1. The van der Waals surface area contributed by atoms with Crippen LogP contribution in [-0.2, 0) is 4.74 Å². The molecule has 1 atom stereocenters. The Kier molecular flexibility index (Phi) is 5.83. The van der Waals surface area contributed by atoms with Crippen molar-refractivity contribution in [3.8, 4) is 6.07 Å². The third-order valence-electron chi connectivity index (χ3n) is 2.19. The Balaban J connectivity index is 2.46. The molecule has 1 rings (SSSR count). The molecule has 5 nitrogen and oxygen atoms in total. The monoisotopic (exact) mass is 339 g/mol. The molecule has 0 aliphatic carbocycles. The Hall–Kier alpha value is -1.74. The van der Waals surface area contributed by atoms with Gasteiger partial charge in [-0.05, 0) is 45.0 Å². The maximum atomic E-state index is 11.5. The second-order valence-corrected chi connectivity index (χ2v) is 6.13. The molecule has 20 heavy (non-hydrogen) atoms. The molecule has 1 unspecified atom stereocenters. The van der Waals surface area contributed by atoms with E-state index in [4.69, 9.17) is 10.00 Å². The van der Waals surface area contributed by atoms with Crippen LogP contribution in [0.15, 0.2) is 28.7 Å². The molecule has 0 aliphatic heterocycles. The van der Waals surface area contributed by atoms with Gasteiger partial charge in [0.05, 0.1) is 12.6 Å². The topological polar surface area (TPSA) is 74.1 Å². The fourth-order valence-corrected chi connectivity index (χ4v) is 1.64. The van der Waals surface area contributed by atoms with Crippen molar-refractivity contribution in [1.82, 2.24) is 5.32 Å². The molecule has 1 aromatic rings. The van der Waals surface area contributed by atoms with Gasteiger partial charge in [0.25, 0.3) is 0 Å². The summed E-state index contributed by atoms with van der Waals surface area (Å²) >= 11 is 3.34. The number of carbonyl (C=O) groups excluding carboxylic acids is 1. The summed E-state index contributed by atoms with van der Waals surface area (Å²) in [4.78, 5) is 11.5. The first-order valence-electron chi connectivity index (χ1n) is 6.19. The normalized spacial score (nSPS) is 12.2. The Bertz CT molecular complexity index is 489. The second-order valence-electron chi connectivity index (χ2n) is 5.22. The summed E-state index contributed by atoms with van der Waals surface area (Å²) in [5, 5.41) is 14.7. The Morgan fingerprint density at radius 1 is 1.40 bits per heavy atom. The van der Waals surface area contributed by atoms with Crippen LogP contribution in [0.5, 0.6) is 0 Å². The van der Waals surface area contributed by atoms with Crippen molar-refractivity contribution < 1.29 is 9.53 Å². The van der Waals surface area contributed by atoms with Gasteiger partial charge in [0.1, 0.15) is 11.6 Å². The molecule has 1 amide bonds. The zero-order valence-electron chi connectivity index (χ0n) is 11.7.